The van der Waals surface area contributed by atoms with E-state index in [0.717, 1.165) is 11.6 Å². The largest absolute Gasteiger partial charge is 0.495 e. The summed E-state index contributed by atoms with van der Waals surface area (Å²) in [6.45, 7) is 1.75. The molecule has 0 radical (unpaired) electrons. The molecule has 90 valence electrons. The number of ether oxygens (including phenoxy) is 1. The third-order valence-corrected chi connectivity index (χ3v) is 2.63. The van der Waals surface area contributed by atoms with Gasteiger partial charge in [-0.25, -0.2) is 8.78 Å². The highest BCUT2D eigenvalue weighted by Crippen LogP contribution is 2.26. The minimum absolute atomic E-state index is 0.315. The van der Waals surface area contributed by atoms with Gasteiger partial charge in [-0.2, -0.15) is 0 Å². The summed E-state index contributed by atoms with van der Waals surface area (Å²) in [7, 11) is 1.43. The van der Waals surface area contributed by atoms with E-state index in [1.54, 1.807) is 19.1 Å². The first-order valence-electron chi connectivity index (χ1n) is 5.03. The van der Waals surface area contributed by atoms with Crippen LogP contribution in [0.3, 0.4) is 0 Å². The maximum atomic E-state index is 12.6. The van der Waals surface area contributed by atoms with Crippen LogP contribution in [0.1, 0.15) is 17.7 Å². The summed E-state index contributed by atoms with van der Waals surface area (Å²) >= 11 is 0. The number of pyridine rings is 1. The van der Waals surface area contributed by atoms with Gasteiger partial charge in [-0.15, -0.1) is 0 Å². The Morgan fingerprint density at radius 2 is 2.06 bits per heavy atom. The summed E-state index contributed by atoms with van der Waals surface area (Å²) in [5.74, 6) is 0.380. The topological polar surface area (TPSA) is 42.1 Å². The predicted molar refractivity (Wildman–Crippen MR) is 60.8 cm³/mol. The molecule has 0 amide bonds. The molecule has 0 fully saturated rings. The molecule has 0 spiro atoms. The molecule has 0 saturated carbocycles. The van der Waals surface area contributed by atoms with E-state index < -0.39 is 17.5 Å². The van der Waals surface area contributed by atoms with Crippen molar-refractivity contribution in [2.24, 2.45) is 0 Å². The zero-order valence-electron chi connectivity index (χ0n) is 9.38. The molecule has 5 heteroatoms. The fourth-order valence-electron chi connectivity index (χ4n) is 1.81. The Labute approximate surface area is 96.0 Å². The van der Waals surface area contributed by atoms with Crippen LogP contribution in [0.2, 0.25) is 0 Å². The van der Waals surface area contributed by atoms with E-state index in [1.807, 2.05) is 0 Å². The summed E-state index contributed by atoms with van der Waals surface area (Å²) < 4.78 is 30.3. The molecule has 17 heavy (non-hydrogen) atoms. The van der Waals surface area contributed by atoms with E-state index in [4.69, 9.17) is 4.74 Å². The maximum Gasteiger partial charge on any atom is 0.278 e. The number of benzene rings is 1. The van der Waals surface area contributed by atoms with Crippen LogP contribution in [-0.2, 0) is 0 Å². The highest BCUT2D eigenvalue weighted by molar-refractivity contribution is 5.87. The van der Waals surface area contributed by atoms with Crippen LogP contribution < -0.4 is 10.2 Å². The molecule has 0 unspecified atom stereocenters. The lowest BCUT2D eigenvalue weighted by Gasteiger charge is -2.09. The normalized spacial score (nSPS) is 11.1. The minimum Gasteiger partial charge on any atom is -0.495 e. The number of aryl methyl sites for hydroxylation is 1. The van der Waals surface area contributed by atoms with Gasteiger partial charge >= 0.3 is 0 Å². The van der Waals surface area contributed by atoms with Crippen molar-refractivity contribution in [1.29, 1.82) is 0 Å². The maximum absolute atomic E-state index is 12.6. The van der Waals surface area contributed by atoms with Crippen molar-refractivity contribution in [3.8, 4) is 5.75 Å². The first-order chi connectivity index (χ1) is 8.04. The molecule has 1 heterocycles. The lowest BCUT2D eigenvalue weighted by Crippen LogP contribution is -2.08. The molecule has 0 aliphatic rings. The minimum atomic E-state index is -2.71. The highest BCUT2D eigenvalue weighted by atomic mass is 19.3. The molecule has 0 aliphatic carbocycles. The van der Waals surface area contributed by atoms with Crippen molar-refractivity contribution in [3.05, 3.63) is 39.7 Å². The van der Waals surface area contributed by atoms with Crippen molar-refractivity contribution in [2.75, 3.05) is 7.11 Å². The van der Waals surface area contributed by atoms with E-state index >= 15 is 0 Å². The van der Waals surface area contributed by atoms with Gasteiger partial charge in [0.15, 0.2) is 5.43 Å². The quantitative estimate of drug-likeness (QED) is 0.875. The highest BCUT2D eigenvalue weighted by Gasteiger charge is 2.14. The molecule has 0 saturated heterocycles. The van der Waals surface area contributed by atoms with Crippen LogP contribution in [-0.4, -0.2) is 12.1 Å². The number of nitrogens with one attached hydrogen (secondary N) is 1. The van der Waals surface area contributed by atoms with Gasteiger partial charge in [0, 0.05) is 6.07 Å². The first kappa shape index (κ1) is 11.6. The number of aromatic nitrogens is 1. The average molecular weight is 239 g/mol. The van der Waals surface area contributed by atoms with Gasteiger partial charge in [-0.1, -0.05) is 6.07 Å². The van der Waals surface area contributed by atoms with Crippen LogP contribution in [0.15, 0.2) is 23.0 Å². The number of H-pyrrole nitrogens is 1. The SMILES string of the molecule is COc1ccc(C)c2c(=O)cc(C(F)F)[nH]c12. The van der Waals surface area contributed by atoms with Crippen molar-refractivity contribution in [1.82, 2.24) is 4.98 Å². The van der Waals surface area contributed by atoms with E-state index in [1.165, 1.54) is 7.11 Å². The number of hydrogen-bond acceptors (Lipinski definition) is 2. The predicted octanol–water partition coefficient (Wildman–Crippen LogP) is 2.78. The Hall–Kier alpha value is -1.91. The fraction of sp³-hybridized carbons (Fsp3) is 0.250. The van der Waals surface area contributed by atoms with E-state index in [2.05, 4.69) is 4.98 Å². The van der Waals surface area contributed by atoms with E-state index in [9.17, 15) is 13.6 Å². The van der Waals surface area contributed by atoms with Gasteiger partial charge in [0.05, 0.1) is 23.7 Å². The molecule has 3 nitrogen and oxygen atoms in total. The van der Waals surface area contributed by atoms with Crippen molar-refractivity contribution < 1.29 is 13.5 Å². The number of halogens is 2. The van der Waals surface area contributed by atoms with Crippen molar-refractivity contribution in [2.45, 2.75) is 13.3 Å². The van der Waals surface area contributed by atoms with Gasteiger partial charge < -0.3 is 9.72 Å². The zero-order valence-corrected chi connectivity index (χ0v) is 9.38. The third-order valence-electron chi connectivity index (χ3n) is 2.63. The number of rotatable bonds is 2. The number of methoxy groups -OCH3 is 1. The van der Waals surface area contributed by atoms with Crippen LogP contribution in [0.5, 0.6) is 5.75 Å². The number of hydrogen-bond donors (Lipinski definition) is 1. The lowest BCUT2D eigenvalue weighted by molar-refractivity contribution is 0.146. The van der Waals surface area contributed by atoms with Crippen LogP contribution in [0, 0.1) is 6.92 Å². The number of fused-ring (bicyclic) bond motifs is 1. The monoisotopic (exact) mass is 239 g/mol. The Balaban J connectivity index is 2.90. The fourth-order valence-corrected chi connectivity index (χ4v) is 1.81. The summed E-state index contributed by atoms with van der Waals surface area (Å²) in [6, 6.07) is 4.29. The first-order valence-corrected chi connectivity index (χ1v) is 5.03. The smallest absolute Gasteiger partial charge is 0.278 e. The molecule has 0 aliphatic heterocycles. The van der Waals surface area contributed by atoms with Gasteiger partial charge in [-0.05, 0) is 18.6 Å². The van der Waals surface area contributed by atoms with Crippen molar-refractivity contribution in [3.63, 3.8) is 0 Å². The second-order valence-electron chi connectivity index (χ2n) is 3.72. The number of aromatic amines is 1. The van der Waals surface area contributed by atoms with Gasteiger partial charge in [0.1, 0.15) is 5.75 Å². The molecule has 1 aromatic carbocycles. The van der Waals surface area contributed by atoms with Crippen LogP contribution >= 0.6 is 0 Å². The summed E-state index contributed by atoms with van der Waals surface area (Å²) in [5, 5.41) is 0.383. The summed E-state index contributed by atoms with van der Waals surface area (Å²) in [4.78, 5) is 14.3. The molecule has 1 aromatic heterocycles. The summed E-state index contributed by atoms with van der Waals surface area (Å²) in [6.07, 6.45) is -2.71. The Kier molecular flexibility index (Phi) is 2.83. The van der Waals surface area contributed by atoms with Crippen LogP contribution in [0.25, 0.3) is 10.9 Å². The van der Waals surface area contributed by atoms with E-state index in [0.29, 0.717) is 16.7 Å². The van der Waals surface area contributed by atoms with Gasteiger partial charge in [0.2, 0.25) is 0 Å². The van der Waals surface area contributed by atoms with Gasteiger partial charge in [-0.3, -0.25) is 4.79 Å². The number of alkyl halides is 2. The molecule has 0 atom stereocenters. The Morgan fingerprint density at radius 1 is 1.35 bits per heavy atom. The molecule has 2 aromatic rings. The van der Waals surface area contributed by atoms with Gasteiger partial charge in [0.25, 0.3) is 6.43 Å². The van der Waals surface area contributed by atoms with E-state index in [-0.39, 0.29) is 0 Å². The second-order valence-corrected chi connectivity index (χ2v) is 3.72. The van der Waals surface area contributed by atoms with Crippen LogP contribution in [0.4, 0.5) is 8.78 Å². The molecular formula is C12H11F2NO2. The zero-order chi connectivity index (χ0) is 12.6. The average Bonchev–Trinajstić information content (AvgIpc) is 2.28. The third kappa shape index (κ3) is 1.88. The Bertz CT molecular complexity index is 620. The molecular weight excluding hydrogens is 228 g/mol. The molecule has 2 rings (SSSR count). The van der Waals surface area contributed by atoms with Crippen molar-refractivity contribution >= 4 is 10.9 Å². The summed E-state index contributed by atoms with van der Waals surface area (Å²) in [5.41, 5.74) is 0.218. The molecule has 0 bridgehead atoms. The lowest BCUT2D eigenvalue weighted by atomic mass is 10.1. The standard InChI is InChI=1S/C12H11F2NO2/c1-6-3-4-9(17-2)11-10(6)8(16)5-7(15-11)12(13)14/h3-5,12H,1-2H3,(H,15,16). The Morgan fingerprint density at radius 3 is 2.65 bits per heavy atom. The molecule has 1 N–H and O–H groups in total. The second kappa shape index (κ2) is 4.16.